The summed E-state index contributed by atoms with van der Waals surface area (Å²) in [6, 6.07) is 0.579. The van der Waals surface area contributed by atoms with Crippen molar-refractivity contribution in [1.82, 2.24) is 9.80 Å². The Balaban J connectivity index is 2.36. The van der Waals surface area contributed by atoms with Crippen LogP contribution >= 0.6 is 0 Å². The fourth-order valence-electron chi connectivity index (χ4n) is 2.36. The van der Waals surface area contributed by atoms with Gasteiger partial charge in [-0.05, 0) is 52.2 Å². The lowest BCUT2D eigenvalue weighted by Gasteiger charge is -2.29. The van der Waals surface area contributed by atoms with Crippen molar-refractivity contribution >= 4 is 5.97 Å². The molecule has 0 spiro atoms. The summed E-state index contributed by atoms with van der Waals surface area (Å²) in [6.45, 7) is 9.81. The molecule has 4 heteroatoms. The maximum absolute atomic E-state index is 10.7. The summed E-state index contributed by atoms with van der Waals surface area (Å²) >= 11 is 0. The minimum absolute atomic E-state index is 0.190. The molecule has 1 aliphatic heterocycles. The first-order chi connectivity index (χ1) is 7.82. The van der Waals surface area contributed by atoms with E-state index in [1.807, 2.05) is 0 Å². The quantitative estimate of drug-likeness (QED) is 0.767. The minimum atomic E-state index is -0.714. The lowest BCUT2D eigenvalue weighted by Crippen LogP contribution is -2.34. The molecule has 1 rings (SSSR count). The van der Waals surface area contributed by atoms with E-state index < -0.39 is 5.97 Å². The first-order valence-electron chi connectivity index (χ1n) is 6.47. The fourth-order valence-corrected chi connectivity index (χ4v) is 2.36. The van der Waals surface area contributed by atoms with Crippen LogP contribution in [0.2, 0.25) is 0 Å². The van der Waals surface area contributed by atoms with Crippen LogP contribution in [0.3, 0.4) is 0 Å². The van der Waals surface area contributed by atoms with Crippen molar-refractivity contribution in [3.63, 3.8) is 0 Å². The third-order valence-electron chi connectivity index (χ3n) is 3.95. The minimum Gasteiger partial charge on any atom is -0.480 e. The van der Waals surface area contributed by atoms with Crippen molar-refractivity contribution in [3.05, 3.63) is 0 Å². The van der Waals surface area contributed by atoms with E-state index in [0.29, 0.717) is 11.5 Å². The zero-order chi connectivity index (χ0) is 13.1. The highest BCUT2D eigenvalue weighted by molar-refractivity contribution is 5.69. The Hall–Kier alpha value is -0.610. The molecule has 1 fully saturated rings. The molecule has 1 heterocycles. The van der Waals surface area contributed by atoms with Gasteiger partial charge in [-0.25, -0.2) is 0 Å². The van der Waals surface area contributed by atoms with E-state index in [1.165, 1.54) is 0 Å². The molecule has 1 aliphatic rings. The van der Waals surface area contributed by atoms with Crippen molar-refractivity contribution in [3.8, 4) is 0 Å². The van der Waals surface area contributed by atoms with Gasteiger partial charge in [0.15, 0.2) is 0 Å². The first-order valence-corrected chi connectivity index (χ1v) is 6.47. The molecule has 0 radical (unpaired) electrons. The van der Waals surface area contributed by atoms with Gasteiger partial charge in [-0.3, -0.25) is 9.69 Å². The van der Waals surface area contributed by atoms with Crippen LogP contribution in [0.4, 0.5) is 0 Å². The van der Waals surface area contributed by atoms with Crippen LogP contribution < -0.4 is 0 Å². The second-order valence-electron chi connectivity index (χ2n) is 5.99. The summed E-state index contributed by atoms with van der Waals surface area (Å²) in [6.07, 6.45) is 2.27. The standard InChI is InChI=1S/C13H26N2O2/c1-11(2)14(4)7-5-13(3)6-8-15(10-13)9-12(16)17/h11H,5-10H2,1-4H3,(H,16,17). The number of carboxylic acids is 1. The Morgan fingerprint density at radius 3 is 2.71 bits per heavy atom. The van der Waals surface area contributed by atoms with Gasteiger partial charge in [0, 0.05) is 12.6 Å². The summed E-state index contributed by atoms with van der Waals surface area (Å²) in [5, 5.41) is 8.79. The lowest BCUT2D eigenvalue weighted by atomic mass is 9.86. The molecule has 17 heavy (non-hydrogen) atoms. The van der Waals surface area contributed by atoms with E-state index in [2.05, 4.69) is 37.6 Å². The summed E-state index contributed by atoms with van der Waals surface area (Å²) < 4.78 is 0. The van der Waals surface area contributed by atoms with E-state index in [9.17, 15) is 4.79 Å². The fraction of sp³-hybridized carbons (Fsp3) is 0.923. The number of carboxylic acid groups (broad SMARTS) is 1. The second kappa shape index (κ2) is 5.83. The molecule has 1 atom stereocenters. The van der Waals surface area contributed by atoms with Crippen molar-refractivity contribution < 1.29 is 9.90 Å². The van der Waals surface area contributed by atoms with E-state index in [0.717, 1.165) is 32.5 Å². The van der Waals surface area contributed by atoms with Crippen molar-refractivity contribution in [2.24, 2.45) is 5.41 Å². The maximum atomic E-state index is 10.7. The Kier molecular flexibility index (Phi) is 4.95. The first kappa shape index (κ1) is 14.5. The van der Waals surface area contributed by atoms with Crippen LogP contribution in [0.15, 0.2) is 0 Å². The molecular formula is C13H26N2O2. The Morgan fingerprint density at radius 1 is 1.53 bits per heavy atom. The van der Waals surface area contributed by atoms with Gasteiger partial charge in [-0.2, -0.15) is 0 Å². The number of aliphatic carboxylic acids is 1. The van der Waals surface area contributed by atoms with Crippen LogP contribution in [0.25, 0.3) is 0 Å². The van der Waals surface area contributed by atoms with Gasteiger partial charge in [0.1, 0.15) is 0 Å². The predicted molar refractivity (Wildman–Crippen MR) is 69.2 cm³/mol. The van der Waals surface area contributed by atoms with Gasteiger partial charge in [0.25, 0.3) is 0 Å². The van der Waals surface area contributed by atoms with Crippen LogP contribution in [-0.2, 0) is 4.79 Å². The monoisotopic (exact) mass is 242 g/mol. The molecule has 0 saturated carbocycles. The summed E-state index contributed by atoms with van der Waals surface area (Å²) in [5.74, 6) is -0.714. The zero-order valence-corrected chi connectivity index (χ0v) is 11.6. The third-order valence-corrected chi connectivity index (χ3v) is 3.95. The van der Waals surface area contributed by atoms with Crippen molar-refractivity contribution in [1.29, 1.82) is 0 Å². The van der Waals surface area contributed by atoms with Crippen molar-refractivity contribution in [2.75, 3.05) is 33.2 Å². The summed E-state index contributed by atoms with van der Waals surface area (Å²) in [7, 11) is 2.15. The highest BCUT2D eigenvalue weighted by atomic mass is 16.4. The lowest BCUT2D eigenvalue weighted by molar-refractivity contribution is -0.138. The normalized spacial score (nSPS) is 26.0. The molecule has 0 aromatic carbocycles. The average molecular weight is 242 g/mol. The third kappa shape index (κ3) is 4.64. The van der Waals surface area contributed by atoms with Crippen LogP contribution in [0.1, 0.15) is 33.6 Å². The number of rotatable bonds is 6. The molecular weight excluding hydrogens is 216 g/mol. The average Bonchev–Trinajstić information content (AvgIpc) is 2.56. The maximum Gasteiger partial charge on any atom is 0.317 e. The van der Waals surface area contributed by atoms with Crippen molar-refractivity contribution in [2.45, 2.75) is 39.7 Å². The van der Waals surface area contributed by atoms with Gasteiger partial charge in [-0.15, -0.1) is 0 Å². The molecule has 1 saturated heterocycles. The van der Waals surface area contributed by atoms with Gasteiger partial charge >= 0.3 is 5.97 Å². The van der Waals surface area contributed by atoms with E-state index in [1.54, 1.807) is 0 Å². The molecule has 1 unspecified atom stereocenters. The summed E-state index contributed by atoms with van der Waals surface area (Å²) in [4.78, 5) is 15.1. The second-order valence-corrected chi connectivity index (χ2v) is 5.99. The molecule has 100 valence electrons. The number of likely N-dealkylation sites (tertiary alicyclic amines) is 1. The van der Waals surface area contributed by atoms with Gasteiger partial charge in [0.05, 0.1) is 6.54 Å². The van der Waals surface area contributed by atoms with Crippen LogP contribution in [0, 0.1) is 5.41 Å². The molecule has 0 aromatic rings. The van der Waals surface area contributed by atoms with Gasteiger partial charge < -0.3 is 10.0 Å². The highest BCUT2D eigenvalue weighted by Crippen LogP contribution is 2.33. The topological polar surface area (TPSA) is 43.8 Å². The Labute approximate surface area is 105 Å². The molecule has 0 aromatic heterocycles. The van der Waals surface area contributed by atoms with E-state index in [-0.39, 0.29) is 6.54 Å². The Bertz CT molecular complexity index is 268. The van der Waals surface area contributed by atoms with E-state index in [4.69, 9.17) is 5.11 Å². The van der Waals surface area contributed by atoms with Crippen LogP contribution in [0.5, 0.6) is 0 Å². The SMILES string of the molecule is CC(C)N(C)CCC1(C)CCN(CC(=O)O)C1. The van der Waals surface area contributed by atoms with E-state index >= 15 is 0 Å². The number of hydrogen-bond donors (Lipinski definition) is 1. The summed E-state index contributed by atoms with van der Waals surface area (Å²) in [5.41, 5.74) is 0.290. The molecule has 0 aliphatic carbocycles. The predicted octanol–water partition coefficient (Wildman–Crippen LogP) is 1.51. The highest BCUT2D eigenvalue weighted by Gasteiger charge is 2.34. The Morgan fingerprint density at radius 2 is 2.18 bits per heavy atom. The number of carbonyl (C=O) groups is 1. The van der Waals surface area contributed by atoms with Gasteiger partial charge in [-0.1, -0.05) is 6.92 Å². The molecule has 4 nitrogen and oxygen atoms in total. The number of hydrogen-bond acceptors (Lipinski definition) is 3. The van der Waals surface area contributed by atoms with Crippen LogP contribution in [-0.4, -0.2) is 60.1 Å². The smallest absolute Gasteiger partial charge is 0.317 e. The molecule has 0 bridgehead atoms. The largest absolute Gasteiger partial charge is 0.480 e. The zero-order valence-electron chi connectivity index (χ0n) is 11.6. The molecule has 1 N–H and O–H groups in total. The molecule has 0 amide bonds. The van der Waals surface area contributed by atoms with Gasteiger partial charge in [0.2, 0.25) is 0 Å². The number of nitrogens with zero attached hydrogens (tertiary/aromatic N) is 2.